The Bertz CT molecular complexity index is 4550. The molecule has 131 heavy (non-hydrogen) atoms. The highest BCUT2D eigenvalue weighted by Gasteiger charge is 2.30. The summed E-state index contributed by atoms with van der Waals surface area (Å²) < 4.78 is 0. The number of nitrogens with one attached hydrogen (secondary N) is 4. The van der Waals surface area contributed by atoms with Gasteiger partial charge >= 0.3 is 0 Å². The third kappa shape index (κ3) is 32.1. The Kier molecular flexibility index (Phi) is 39.0. The minimum atomic E-state index is 0.315. The number of piperazine rings is 4. The lowest BCUT2D eigenvalue weighted by Gasteiger charge is -2.36. The average Bonchev–Trinajstić information content (AvgIpc) is 0.841. The van der Waals surface area contributed by atoms with Gasteiger partial charge in [0.25, 0.3) is 0 Å². The van der Waals surface area contributed by atoms with Crippen LogP contribution in [0.1, 0.15) is 142 Å². The molecular weight excluding hydrogens is 1660 g/mol. The van der Waals surface area contributed by atoms with Crippen LogP contribution < -0.4 is 40.9 Å². The third-order valence-electron chi connectivity index (χ3n) is 27.8. The summed E-state index contributed by atoms with van der Waals surface area (Å²) in [5, 5.41) is 14.5. The first-order valence-corrected chi connectivity index (χ1v) is 51.8. The van der Waals surface area contributed by atoms with E-state index in [9.17, 15) is 19.2 Å². The first-order valence-electron chi connectivity index (χ1n) is 49.4. The van der Waals surface area contributed by atoms with Crippen LogP contribution in [0.25, 0.3) is 0 Å². The zero-order valence-electron chi connectivity index (χ0n) is 80.5. The number of carbonyl (C=O) groups excluding carboxylic acids is 4. The van der Waals surface area contributed by atoms with Gasteiger partial charge in [-0.15, -0.1) is 23.5 Å². The van der Waals surface area contributed by atoms with Crippen LogP contribution in [0, 0.1) is 48.5 Å². The van der Waals surface area contributed by atoms with Crippen molar-refractivity contribution < 1.29 is 19.2 Å². The highest BCUT2D eigenvalue weighted by molar-refractivity contribution is 7.98. The number of anilines is 8. The smallest absolute Gasteiger partial charge is 0.222 e. The van der Waals surface area contributed by atoms with Gasteiger partial charge in [0.05, 0.1) is 0 Å². The van der Waals surface area contributed by atoms with E-state index in [2.05, 4.69) is 309 Å². The van der Waals surface area contributed by atoms with E-state index in [1.807, 2.05) is 19.2 Å². The molecule has 21 nitrogen and oxygen atoms in total. The molecule has 4 N–H and O–H groups in total. The fourth-order valence-electron chi connectivity index (χ4n) is 19.3. The van der Waals surface area contributed by atoms with Gasteiger partial charge in [-0.1, -0.05) is 94.5 Å². The highest BCUT2D eigenvalue weighted by Crippen LogP contribution is 2.30. The summed E-state index contributed by atoms with van der Waals surface area (Å²) in [7, 11) is 0. The van der Waals surface area contributed by atoms with E-state index in [0.29, 0.717) is 73.5 Å². The predicted molar refractivity (Wildman–Crippen MR) is 550 cm³/mol. The second kappa shape index (κ2) is 51.7. The molecule has 0 aliphatic carbocycles. The van der Waals surface area contributed by atoms with E-state index in [4.69, 9.17) is 0 Å². The summed E-state index contributed by atoms with van der Waals surface area (Å²) in [5.41, 5.74) is 17.9. The van der Waals surface area contributed by atoms with Gasteiger partial charge in [-0.2, -0.15) is 0 Å². The molecule has 0 bridgehead atoms. The second-order valence-electron chi connectivity index (χ2n) is 37.8. The van der Waals surface area contributed by atoms with Crippen molar-refractivity contribution in [2.75, 3.05) is 237 Å². The lowest BCUT2D eigenvalue weighted by Crippen LogP contribution is -2.47. The lowest BCUT2D eigenvalue weighted by atomic mass is 10.0. The normalized spacial score (nSPS) is 17.9. The predicted octanol–water partition coefficient (Wildman–Crippen LogP) is 17.8. The van der Waals surface area contributed by atoms with E-state index in [0.717, 1.165) is 266 Å². The van der Waals surface area contributed by atoms with Gasteiger partial charge in [0.2, 0.25) is 23.6 Å². The van der Waals surface area contributed by atoms with Crippen LogP contribution in [0.5, 0.6) is 0 Å². The molecule has 23 heteroatoms. The van der Waals surface area contributed by atoms with Crippen LogP contribution in [-0.4, -0.2) is 288 Å². The van der Waals surface area contributed by atoms with Gasteiger partial charge in [-0.05, 0) is 285 Å². The van der Waals surface area contributed by atoms with Gasteiger partial charge in [-0.3, -0.25) is 38.8 Å². The van der Waals surface area contributed by atoms with Crippen LogP contribution >= 0.6 is 23.5 Å². The minimum absolute atomic E-state index is 0.315. The molecule has 0 spiro atoms. The van der Waals surface area contributed by atoms with Crippen molar-refractivity contribution in [3.8, 4) is 0 Å². The number of thioether (sulfide) groups is 2. The van der Waals surface area contributed by atoms with Gasteiger partial charge in [0.1, 0.15) is 5.82 Å². The van der Waals surface area contributed by atoms with Gasteiger partial charge in [0.15, 0.2) is 0 Å². The third-order valence-corrected chi connectivity index (χ3v) is 29.5. The largest absolute Gasteiger partial charge is 0.382 e. The van der Waals surface area contributed by atoms with E-state index < -0.39 is 0 Å². The molecule has 9 heterocycles. The van der Waals surface area contributed by atoms with Gasteiger partial charge < -0.3 is 60.5 Å². The van der Waals surface area contributed by atoms with E-state index in [-0.39, 0.29) is 0 Å². The van der Waals surface area contributed by atoms with Crippen molar-refractivity contribution in [3.63, 3.8) is 0 Å². The standard InChI is InChI=1S/C28H40N4OS.C27H38N4OS.C27H38N4O.C26H37N5O/c1-22-6-9-26(10-7-22)31-19-17-30(18-20-31)14-4-5-28(33)32-15-12-24(13-16-32)29-25-8-11-27(34-3)23(2)21-25;1-22-5-9-25(10-6-22)30-20-18-29(19-21-30)15-3-4-27(32)31-16-13-24(14-17-31)28-23-7-11-26(33-2)12-8-23;1-22-5-9-24(10-6-22)28-25-13-16-31(17-14-25)27(32)4-3-15-29-18-20-30(21-19-29)26-11-7-23(2)8-12-26;1-21-5-8-24(9-6-21)30-18-16-29(17-19-30)13-3-4-26(32)31-14-11-23(12-15-31)28-25-10-7-22(2)20-27-25/h6-11,21,24,29H,4-5,12-20H2,1-3H3;5-12,24,28H,3-4,13-21H2,1-2H3;5-12,25,28H,3-4,13-21H2,1-2H3;5-10,20,23H,3-4,11-19H2,1-2H3,(H,27,28). The molecule has 706 valence electrons. The topological polar surface area (TPSA) is 168 Å². The van der Waals surface area contributed by atoms with E-state index >= 15 is 0 Å². The van der Waals surface area contributed by atoms with Gasteiger partial charge in [0, 0.05) is 263 Å². The molecule has 0 saturated carbocycles. The quantitative estimate of drug-likeness (QED) is 0.0314. The minimum Gasteiger partial charge on any atom is -0.382 e. The number of nitrogens with zero attached hydrogens (tertiary/aromatic N) is 13. The molecule has 8 aliphatic heterocycles. The zero-order chi connectivity index (χ0) is 91.6. The number of likely N-dealkylation sites (tertiary alicyclic amines) is 4. The molecule has 4 amide bonds. The lowest BCUT2D eigenvalue weighted by molar-refractivity contribution is -0.133. The number of aryl methyl sites for hydroxylation is 7. The van der Waals surface area contributed by atoms with Crippen molar-refractivity contribution in [3.05, 3.63) is 221 Å². The Labute approximate surface area is 793 Å². The average molecular weight is 1820 g/mol. The van der Waals surface area contributed by atoms with Crippen LogP contribution in [0.4, 0.5) is 45.6 Å². The molecule has 8 aliphatic rings. The fourth-order valence-corrected chi connectivity index (χ4v) is 20.2. The van der Waals surface area contributed by atoms with Gasteiger partial charge in [-0.25, -0.2) is 4.98 Å². The number of hydrogen-bond donors (Lipinski definition) is 4. The summed E-state index contributed by atoms with van der Waals surface area (Å²) in [5.74, 6) is 2.24. The van der Waals surface area contributed by atoms with Crippen molar-refractivity contribution in [1.29, 1.82) is 0 Å². The summed E-state index contributed by atoms with van der Waals surface area (Å²) >= 11 is 3.56. The van der Waals surface area contributed by atoms with Crippen LogP contribution in [0.3, 0.4) is 0 Å². The molecule has 0 unspecified atom stereocenters. The summed E-state index contributed by atoms with van der Waals surface area (Å²) in [6.07, 6.45) is 20.8. The van der Waals surface area contributed by atoms with E-state index in [1.54, 1.807) is 23.5 Å². The van der Waals surface area contributed by atoms with Crippen molar-refractivity contribution in [2.45, 2.75) is 185 Å². The second-order valence-corrected chi connectivity index (χ2v) is 39.5. The van der Waals surface area contributed by atoms with Crippen molar-refractivity contribution in [1.82, 2.24) is 44.2 Å². The number of aromatic nitrogens is 1. The Morgan fingerprint density at radius 2 is 0.550 bits per heavy atom. The number of piperidine rings is 4. The van der Waals surface area contributed by atoms with Crippen LogP contribution in [0.2, 0.25) is 0 Å². The van der Waals surface area contributed by atoms with Crippen LogP contribution in [0.15, 0.2) is 192 Å². The monoisotopic (exact) mass is 1820 g/mol. The zero-order valence-corrected chi connectivity index (χ0v) is 82.1. The summed E-state index contributed by atoms with van der Waals surface area (Å²) in [6, 6.07) is 65.0. The van der Waals surface area contributed by atoms with Crippen molar-refractivity contribution >= 4 is 92.8 Å². The maximum atomic E-state index is 12.8. The van der Waals surface area contributed by atoms with E-state index in [1.165, 1.54) is 88.5 Å². The summed E-state index contributed by atoms with van der Waals surface area (Å²) in [6.45, 7) is 43.0. The molecule has 8 saturated heterocycles. The molecule has 1 aromatic heterocycles. The maximum Gasteiger partial charge on any atom is 0.222 e. The number of carbonyl (C=O) groups is 4. The van der Waals surface area contributed by atoms with Crippen LogP contribution in [-0.2, 0) is 19.2 Å². The highest BCUT2D eigenvalue weighted by atomic mass is 32.2. The number of hydrogen-bond acceptors (Lipinski definition) is 19. The molecule has 7 aromatic carbocycles. The Morgan fingerprint density at radius 3 is 0.817 bits per heavy atom. The molecular formula is C108H153N17O4S2. The number of pyridine rings is 1. The Morgan fingerprint density at radius 1 is 0.290 bits per heavy atom. The molecule has 8 aromatic rings. The molecule has 8 fully saturated rings. The van der Waals surface area contributed by atoms with Crippen molar-refractivity contribution in [2.24, 2.45) is 0 Å². The molecule has 0 atom stereocenters. The fraction of sp³-hybridized carbons (Fsp3) is 0.528. The summed E-state index contributed by atoms with van der Waals surface area (Å²) in [4.78, 5) is 86.1. The molecule has 16 rings (SSSR count). The first kappa shape index (κ1) is 99.0. The maximum absolute atomic E-state index is 12.8. The number of amides is 4. The Hall–Kier alpha value is -9.49. The SMILES string of the molecule is CSc1ccc(NC2CCN(C(=O)CCCN3CCN(c4ccc(C)cc4)CC3)CC2)cc1.CSc1ccc(NC2CCN(C(=O)CCCN3CCN(c4ccc(C)cc4)CC3)CC2)cc1C.Cc1ccc(N2CCN(CCCC(=O)N3CCC(Nc4ccc(C)cn4)CC3)CC2)cc1.Cc1ccc(NC2CCN(C(=O)CCCN3CCN(c4ccc(C)cc4)CC3)CC2)cc1. The number of rotatable bonds is 30. The molecule has 0 radical (unpaired) electrons. The Balaban J connectivity index is 0.000000149. The first-order chi connectivity index (χ1) is 63.7. The number of benzene rings is 7.